The summed E-state index contributed by atoms with van der Waals surface area (Å²) in [6.07, 6.45) is 2.15. The maximum absolute atomic E-state index is 14.0. The summed E-state index contributed by atoms with van der Waals surface area (Å²) in [7, 11) is 0. The minimum absolute atomic E-state index is 0.179. The van der Waals surface area contributed by atoms with Gasteiger partial charge in [-0.1, -0.05) is 37.3 Å². The molecule has 0 fully saturated rings. The molecule has 3 aromatic rings. The highest BCUT2D eigenvalue weighted by Crippen LogP contribution is 2.17. The minimum Gasteiger partial charge on any atom is -0.343 e. The van der Waals surface area contributed by atoms with Crippen molar-refractivity contribution in [3.63, 3.8) is 0 Å². The van der Waals surface area contributed by atoms with Crippen LogP contribution in [0.15, 0.2) is 54.7 Å². The van der Waals surface area contributed by atoms with E-state index in [9.17, 15) is 14.0 Å². The molecular formula is C21H21FN4O2. The highest BCUT2D eigenvalue weighted by Gasteiger charge is 2.17. The van der Waals surface area contributed by atoms with Gasteiger partial charge in [-0.25, -0.2) is 9.07 Å². The Labute approximate surface area is 162 Å². The number of benzene rings is 2. The molecule has 2 aromatic carbocycles. The quantitative estimate of drug-likeness (QED) is 0.689. The number of amides is 2. The van der Waals surface area contributed by atoms with Gasteiger partial charge in [0.25, 0.3) is 5.91 Å². The Kier molecular flexibility index (Phi) is 5.84. The molecule has 6 nitrogen and oxygen atoms in total. The van der Waals surface area contributed by atoms with Gasteiger partial charge in [-0.3, -0.25) is 9.59 Å². The minimum atomic E-state index is -0.445. The smallest absolute Gasteiger partial charge is 0.255 e. The van der Waals surface area contributed by atoms with E-state index in [0.717, 1.165) is 17.7 Å². The molecule has 2 N–H and O–H groups in total. The van der Waals surface area contributed by atoms with Crippen LogP contribution >= 0.6 is 0 Å². The molecule has 3 rings (SSSR count). The van der Waals surface area contributed by atoms with Crippen molar-refractivity contribution in [2.24, 2.45) is 0 Å². The topological polar surface area (TPSA) is 76.0 Å². The molecule has 2 amide bonds. The van der Waals surface area contributed by atoms with Gasteiger partial charge in [-0.15, -0.1) is 0 Å². The van der Waals surface area contributed by atoms with Gasteiger partial charge in [0.15, 0.2) is 0 Å². The lowest BCUT2D eigenvalue weighted by Gasteiger charge is -2.10. The standard InChI is InChI=1S/C21H21FN4O2/c1-3-15-8-4-6-10-18(15)25-20(27)13-23-21(28)16-12-24-26(14(16)2)19-11-7-5-9-17(19)22/h4-12H,3,13H2,1-2H3,(H,23,28)(H,25,27). The zero-order valence-electron chi connectivity index (χ0n) is 15.7. The first-order valence-electron chi connectivity index (χ1n) is 8.96. The van der Waals surface area contributed by atoms with Gasteiger partial charge in [0.1, 0.15) is 11.5 Å². The Morgan fingerprint density at radius 2 is 1.82 bits per heavy atom. The predicted octanol–water partition coefficient (Wildman–Crippen LogP) is 3.25. The molecule has 144 valence electrons. The lowest BCUT2D eigenvalue weighted by Crippen LogP contribution is -2.33. The second kappa shape index (κ2) is 8.47. The van der Waals surface area contributed by atoms with Crippen LogP contribution in [-0.4, -0.2) is 28.1 Å². The highest BCUT2D eigenvalue weighted by molar-refractivity contribution is 6.00. The fourth-order valence-electron chi connectivity index (χ4n) is 2.90. The lowest BCUT2D eigenvalue weighted by molar-refractivity contribution is -0.115. The molecule has 28 heavy (non-hydrogen) atoms. The monoisotopic (exact) mass is 380 g/mol. The Morgan fingerprint density at radius 1 is 1.11 bits per heavy atom. The molecule has 0 aliphatic carbocycles. The van der Waals surface area contributed by atoms with Crippen LogP contribution in [0.25, 0.3) is 5.69 Å². The van der Waals surface area contributed by atoms with Crippen LogP contribution in [0.5, 0.6) is 0 Å². The van der Waals surface area contributed by atoms with Crippen molar-refractivity contribution in [1.29, 1.82) is 0 Å². The Morgan fingerprint density at radius 3 is 2.57 bits per heavy atom. The van der Waals surface area contributed by atoms with E-state index >= 15 is 0 Å². The molecule has 0 radical (unpaired) electrons. The van der Waals surface area contributed by atoms with E-state index in [4.69, 9.17) is 0 Å². The van der Waals surface area contributed by atoms with Gasteiger partial charge in [0, 0.05) is 5.69 Å². The number of nitrogens with zero attached hydrogens (tertiary/aromatic N) is 2. The normalized spacial score (nSPS) is 10.5. The van der Waals surface area contributed by atoms with Crippen LogP contribution in [0.4, 0.5) is 10.1 Å². The maximum Gasteiger partial charge on any atom is 0.255 e. The summed E-state index contributed by atoms with van der Waals surface area (Å²) < 4.78 is 15.3. The van der Waals surface area contributed by atoms with Gasteiger partial charge in [-0.05, 0) is 37.1 Å². The third-order valence-corrected chi connectivity index (χ3v) is 4.42. The third kappa shape index (κ3) is 4.09. The number of rotatable bonds is 6. The maximum atomic E-state index is 14.0. The average Bonchev–Trinajstić information content (AvgIpc) is 3.08. The fraction of sp³-hybridized carbons (Fsp3) is 0.190. The van der Waals surface area contributed by atoms with Crippen LogP contribution in [0.3, 0.4) is 0 Å². The largest absolute Gasteiger partial charge is 0.343 e. The summed E-state index contributed by atoms with van der Waals surface area (Å²) in [6, 6.07) is 13.7. The summed E-state index contributed by atoms with van der Waals surface area (Å²) in [5.74, 6) is -1.21. The van der Waals surface area contributed by atoms with Gasteiger partial charge in [0.2, 0.25) is 5.91 Å². The zero-order valence-corrected chi connectivity index (χ0v) is 15.7. The number of carbonyl (C=O) groups excluding carboxylic acids is 2. The fourth-order valence-corrected chi connectivity index (χ4v) is 2.90. The van der Waals surface area contributed by atoms with Crippen LogP contribution in [0, 0.1) is 12.7 Å². The summed E-state index contributed by atoms with van der Waals surface area (Å²) in [4.78, 5) is 24.6. The second-order valence-corrected chi connectivity index (χ2v) is 6.25. The number of aromatic nitrogens is 2. The summed E-state index contributed by atoms with van der Waals surface area (Å²) >= 11 is 0. The van der Waals surface area contributed by atoms with E-state index in [2.05, 4.69) is 15.7 Å². The van der Waals surface area contributed by atoms with E-state index in [-0.39, 0.29) is 23.7 Å². The Bertz CT molecular complexity index is 1010. The molecule has 0 unspecified atom stereocenters. The number of halogens is 1. The predicted molar refractivity (Wildman–Crippen MR) is 105 cm³/mol. The summed E-state index contributed by atoms with van der Waals surface area (Å²) in [6.45, 7) is 3.50. The number of anilines is 1. The Balaban J connectivity index is 1.66. The SMILES string of the molecule is CCc1ccccc1NC(=O)CNC(=O)c1cnn(-c2ccccc2F)c1C. The number of hydrogen-bond acceptors (Lipinski definition) is 3. The second-order valence-electron chi connectivity index (χ2n) is 6.25. The van der Waals surface area contributed by atoms with Crippen LogP contribution in [0.2, 0.25) is 0 Å². The van der Waals surface area contributed by atoms with E-state index in [0.29, 0.717) is 5.69 Å². The van der Waals surface area contributed by atoms with Crippen molar-refractivity contribution >= 4 is 17.5 Å². The van der Waals surface area contributed by atoms with Crippen LogP contribution in [-0.2, 0) is 11.2 Å². The number of nitrogens with one attached hydrogen (secondary N) is 2. The number of hydrogen-bond donors (Lipinski definition) is 2. The first-order valence-corrected chi connectivity index (χ1v) is 8.96. The lowest BCUT2D eigenvalue weighted by atomic mass is 10.1. The molecule has 0 saturated carbocycles. The number of para-hydroxylation sites is 2. The van der Waals surface area contributed by atoms with E-state index in [1.165, 1.54) is 16.9 Å². The molecule has 0 atom stereocenters. The van der Waals surface area contributed by atoms with E-state index in [1.807, 2.05) is 31.2 Å². The van der Waals surface area contributed by atoms with E-state index < -0.39 is 11.7 Å². The van der Waals surface area contributed by atoms with Crippen LogP contribution in [0.1, 0.15) is 28.5 Å². The zero-order chi connectivity index (χ0) is 20.1. The molecule has 0 bridgehead atoms. The summed E-state index contributed by atoms with van der Waals surface area (Å²) in [5.41, 5.74) is 2.77. The molecule has 0 aliphatic rings. The molecule has 0 saturated heterocycles. The molecule has 0 aliphatic heterocycles. The molecule has 1 heterocycles. The van der Waals surface area contributed by atoms with Crippen molar-refractivity contribution < 1.29 is 14.0 Å². The highest BCUT2D eigenvalue weighted by atomic mass is 19.1. The van der Waals surface area contributed by atoms with Crippen molar-refractivity contribution in [3.05, 3.63) is 77.4 Å². The van der Waals surface area contributed by atoms with Gasteiger partial charge < -0.3 is 10.6 Å². The van der Waals surface area contributed by atoms with E-state index in [1.54, 1.807) is 25.1 Å². The van der Waals surface area contributed by atoms with Crippen molar-refractivity contribution in [2.45, 2.75) is 20.3 Å². The van der Waals surface area contributed by atoms with Gasteiger partial charge >= 0.3 is 0 Å². The first kappa shape index (κ1) is 19.3. The average molecular weight is 380 g/mol. The molecular weight excluding hydrogens is 359 g/mol. The molecule has 1 aromatic heterocycles. The van der Waals surface area contributed by atoms with Gasteiger partial charge in [-0.2, -0.15) is 5.10 Å². The van der Waals surface area contributed by atoms with Crippen LogP contribution < -0.4 is 10.6 Å². The number of aryl methyl sites for hydroxylation is 1. The van der Waals surface area contributed by atoms with Crippen molar-refractivity contribution in [1.82, 2.24) is 15.1 Å². The molecule has 7 heteroatoms. The third-order valence-electron chi connectivity index (χ3n) is 4.42. The van der Waals surface area contributed by atoms with Crippen molar-refractivity contribution in [3.8, 4) is 5.69 Å². The van der Waals surface area contributed by atoms with Crippen molar-refractivity contribution in [2.75, 3.05) is 11.9 Å². The Hall–Kier alpha value is -3.48. The summed E-state index contributed by atoms with van der Waals surface area (Å²) in [5, 5.41) is 9.48. The molecule has 0 spiro atoms. The number of carbonyl (C=O) groups is 2. The first-order chi connectivity index (χ1) is 13.5. The van der Waals surface area contributed by atoms with Gasteiger partial charge in [0.05, 0.1) is 24.0 Å².